The van der Waals surface area contributed by atoms with E-state index in [1.165, 1.54) is 0 Å². The van der Waals surface area contributed by atoms with Crippen molar-refractivity contribution in [2.24, 2.45) is 17.1 Å². The maximum absolute atomic E-state index is 12.0. The average molecular weight is 214 g/mol. The highest BCUT2D eigenvalue weighted by molar-refractivity contribution is 5.79. The summed E-state index contributed by atoms with van der Waals surface area (Å²) in [5, 5.41) is 0. The lowest BCUT2D eigenvalue weighted by Gasteiger charge is -2.37. The van der Waals surface area contributed by atoms with Crippen LogP contribution in [0.5, 0.6) is 0 Å². The highest BCUT2D eigenvalue weighted by Crippen LogP contribution is 2.24. The third kappa shape index (κ3) is 3.82. The number of rotatable bonds is 3. The molecule has 0 aromatic rings. The van der Waals surface area contributed by atoms with Crippen LogP contribution in [0.15, 0.2) is 0 Å². The van der Waals surface area contributed by atoms with Crippen molar-refractivity contribution in [1.82, 2.24) is 4.90 Å². The van der Waals surface area contributed by atoms with E-state index in [0.717, 1.165) is 0 Å². The second-order valence-corrected chi connectivity index (χ2v) is 5.64. The van der Waals surface area contributed by atoms with Crippen LogP contribution < -0.4 is 5.73 Å². The lowest BCUT2D eigenvalue weighted by molar-refractivity contribution is -0.138. The average Bonchev–Trinajstić information content (AvgIpc) is 2.11. The molecule has 3 heteroatoms. The smallest absolute Gasteiger partial charge is 0.226 e. The molecule has 0 radical (unpaired) electrons. The van der Waals surface area contributed by atoms with Gasteiger partial charge in [0.25, 0.3) is 0 Å². The molecule has 0 spiro atoms. The van der Waals surface area contributed by atoms with E-state index in [1.54, 1.807) is 0 Å². The summed E-state index contributed by atoms with van der Waals surface area (Å²) in [6, 6.07) is 0.123. The van der Waals surface area contributed by atoms with Gasteiger partial charge in [-0.15, -0.1) is 0 Å². The second kappa shape index (κ2) is 4.97. The SMILES string of the molecule is CC(N)C(C)C(=O)N(C)C(C)C(C)(C)C. The van der Waals surface area contributed by atoms with Gasteiger partial charge in [-0.3, -0.25) is 4.79 Å². The molecule has 0 saturated carbocycles. The molecule has 3 unspecified atom stereocenters. The molecule has 0 heterocycles. The Kier molecular flexibility index (Phi) is 4.78. The van der Waals surface area contributed by atoms with E-state index in [2.05, 4.69) is 27.7 Å². The molecule has 0 aliphatic rings. The Morgan fingerprint density at radius 1 is 1.20 bits per heavy atom. The summed E-state index contributed by atoms with van der Waals surface area (Å²) in [5.74, 6) is 0.0206. The molecule has 90 valence electrons. The summed E-state index contributed by atoms with van der Waals surface area (Å²) in [7, 11) is 1.86. The summed E-state index contributed by atoms with van der Waals surface area (Å²) in [4.78, 5) is 13.8. The summed E-state index contributed by atoms with van der Waals surface area (Å²) in [5.41, 5.74) is 5.84. The van der Waals surface area contributed by atoms with Crippen LogP contribution in [-0.4, -0.2) is 29.9 Å². The Morgan fingerprint density at radius 3 is 1.87 bits per heavy atom. The van der Waals surface area contributed by atoms with Crippen LogP contribution in [0.4, 0.5) is 0 Å². The third-order valence-electron chi connectivity index (χ3n) is 3.36. The van der Waals surface area contributed by atoms with E-state index in [1.807, 2.05) is 25.8 Å². The molecule has 0 saturated heterocycles. The van der Waals surface area contributed by atoms with Crippen LogP contribution in [0.1, 0.15) is 41.5 Å². The van der Waals surface area contributed by atoms with Crippen LogP contribution in [0.3, 0.4) is 0 Å². The van der Waals surface area contributed by atoms with Crippen LogP contribution in [0, 0.1) is 11.3 Å². The van der Waals surface area contributed by atoms with Crippen molar-refractivity contribution in [3.05, 3.63) is 0 Å². The zero-order valence-electron chi connectivity index (χ0n) is 11.2. The van der Waals surface area contributed by atoms with Crippen molar-refractivity contribution in [3.8, 4) is 0 Å². The first-order valence-electron chi connectivity index (χ1n) is 5.61. The van der Waals surface area contributed by atoms with Crippen molar-refractivity contribution < 1.29 is 4.79 Å². The van der Waals surface area contributed by atoms with E-state index < -0.39 is 0 Å². The first-order chi connectivity index (χ1) is 6.59. The van der Waals surface area contributed by atoms with Crippen LogP contribution in [-0.2, 0) is 4.79 Å². The number of carbonyl (C=O) groups is 1. The molecule has 3 atom stereocenters. The van der Waals surface area contributed by atoms with Gasteiger partial charge in [-0.1, -0.05) is 27.7 Å². The van der Waals surface area contributed by atoms with E-state index in [0.29, 0.717) is 0 Å². The Bertz CT molecular complexity index is 218. The maximum Gasteiger partial charge on any atom is 0.226 e. The number of amides is 1. The number of hydrogen-bond acceptors (Lipinski definition) is 2. The predicted molar refractivity (Wildman–Crippen MR) is 64.5 cm³/mol. The Balaban J connectivity index is 4.59. The topological polar surface area (TPSA) is 46.3 Å². The maximum atomic E-state index is 12.0. The molecule has 0 aliphatic heterocycles. The minimum absolute atomic E-state index is 0.0906. The predicted octanol–water partition coefficient (Wildman–Crippen LogP) is 1.86. The quantitative estimate of drug-likeness (QED) is 0.779. The molecule has 1 amide bonds. The van der Waals surface area contributed by atoms with Gasteiger partial charge in [0.05, 0.1) is 5.92 Å². The largest absolute Gasteiger partial charge is 0.342 e. The fourth-order valence-corrected chi connectivity index (χ4v) is 1.32. The van der Waals surface area contributed by atoms with Gasteiger partial charge in [-0.05, 0) is 19.3 Å². The van der Waals surface area contributed by atoms with Gasteiger partial charge in [-0.25, -0.2) is 0 Å². The van der Waals surface area contributed by atoms with Crippen molar-refractivity contribution >= 4 is 5.91 Å². The van der Waals surface area contributed by atoms with Crippen LogP contribution in [0.25, 0.3) is 0 Å². The molecule has 3 nitrogen and oxygen atoms in total. The summed E-state index contributed by atoms with van der Waals surface area (Å²) >= 11 is 0. The molecule has 0 aromatic heterocycles. The van der Waals surface area contributed by atoms with Gasteiger partial charge >= 0.3 is 0 Å². The highest BCUT2D eigenvalue weighted by atomic mass is 16.2. The molecule has 0 rings (SSSR count). The highest BCUT2D eigenvalue weighted by Gasteiger charge is 2.30. The summed E-state index contributed by atoms with van der Waals surface area (Å²) < 4.78 is 0. The number of nitrogens with zero attached hydrogens (tertiary/aromatic N) is 1. The molecular formula is C12H26N2O. The van der Waals surface area contributed by atoms with Gasteiger partial charge in [0.2, 0.25) is 5.91 Å². The van der Waals surface area contributed by atoms with Crippen LogP contribution >= 0.6 is 0 Å². The van der Waals surface area contributed by atoms with Crippen molar-refractivity contribution in [1.29, 1.82) is 0 Å². The third-order valence-corrected chi connectivity index (χ3v) is 3.36. The van der Waals surface area contributed by atoms with E-state index in [4.69, 9.17) is 5.73 Å². The van der Waals surface area contributed by atoms with E-state index in [9.17, 15) is 4.79 Å². The Morgan fingerprint density at radius 2 is 1.60 bits per heavy atom. The van der Waals surface area contributed by atoms with Gasteiger partial charge in [-0.2, -0.15) is 0 Å². The van der Waals surface area contributed by atoms with Crippen molar-refractivity contribution in [2.45, 2.75) is 53.6 Å². The van der Waals surface area contributed by atoms with Crippen LogP contribution in [0.2, 0.25) is 0 Å². The molecule has 0 aliphatic carbocycles. The Labute approximate surface area is 94.0 Å². The molecule has 0 bridgehead atoms. The van der Waals surface area contributed by atoms with Crippen molar-refractivity contribution in [3.63, 3.8) is 0 Å². The van der Waals surface area contributed by atoms with Gasteiger partial charge in [0.1, 0.15) is 0 Å². The summed E-state index contributed by atoms with van der Waals surface area (Å²) in [6.07, 6.45) is 0. The first kappa shape index (κ1) is 14.4. The second-order valence-electron chi connectivity index (χ2n) is 5.64. The van der Waals surface area contributed by atoms with E-state index in [-0.39, 0.29) is 29.3 Å². The van der Waals surface area contributed by atoms with E-state index >= 15 is 0 Å². The van der Waals surface area contributed by atoms with Crippen molar-refractivity contribution in [2.75, 3.05) is 7.05 Å². The number of carbonyl (C=O) groups excluding carboxylic acids is 1. The number of hydrogen-bond donors (Lipinski definition) is 1. The lowest BCUT2D eigenvalue weighted by atomic mass is 9.86. The van der Waals surface area contributed by atoms with Gasteiger partial charge in [0, 0.05) is 19.1 Å². The molecule has 0 aromatic carbocycles. The minimum Gasteiger partial charge on any atom is -0.342 e. The first-order valence-corrected chi connectivity index (χ1v) is 5.61. The van der Waals surface area contributed by atoms with Gasteiger partial charge in [0.15, 0.2) is 0 Å². The van der Waals surface area contributed by atoms with Gasteiger partial charge < -0.3 is 10.6 Å². The minimum atomic E-state index is -0.111. The normalized spacial score (nSPS) is 18.1. The Hall–Kier alpha value is -0.570. The zero-order valence-corrected chi connectivity index (χ0v) is 11.2. The molecular weight excluding hydrogens is 188 g/mol. The zero-order chi connectivity index (χ0) is 12.4. The molecule has 0 fully saturated rings. The fourth-order valence-electron chi connectivity index (χ4n) is 1.32. The molecule has 2 N–H and O–H groups in total. The summed E-state index contributed by atoms with van der Waals surface area (Å²) in [6.45, 7) is 12.2. The lowest BCUT2D eigenvalue weighted by Crippen LogP contribution is -2.47. The fraction of sp³-hybridized carbons (Fsp3) is 0.917. The monoisotopic (exact) mass is 214 g/mol. The number of nitrogens with two attached hydrogens (primary N) is 1. The molecule has 15 heavy (non-hydrogen) atoms. The standard InChI is InChI=1S/C12H26N2O/c1-8(9(2)13)11(15)14(7)10(3)12(4,5)6/h8-10H,13H2,1-7H3.